The minimum absolute atomic E-state index is 0.271. The van der Waals surface area contributed by atoms with E-state index in [1.807, 2.05) is 30.3 Å². The van der Waals surface area contributed by atoms with Gasteiger partial charge in [-0.2, -0.15) is 0 Å². The van der Waals surface area contributed by atoms with Crippen LogP contribution < -0.4 is 15.6 Å². The van der Waals surface area contributed by atoms with Crippen LogP contribution >= 0.6 is 23.2 Å². The van der Waals surface area contributed by atoms with E-state index in [4.69, 9.17) is 27.9 Å². The van der Waals surface area contributed by atoms with Crippen LogP contribution in [0.2, 0.25) is 10.0 Å². The Morgan fingerprint density at radius 3 is 2.43 bits per heavy atom. The van der Waals surface area contributed by atoms with Crippen molar-refractivity contribution in [2.24, 2.45) is 0 Å². The van der Waals surface area contributed by atoms with Gasteiger partial charge in [0.05, 0.1) is 10.0 Å². The number of amides is 1. The lowest BCUT2D eigenvalue weighted by atomic mass is 10.2. The molecular formula is C17H16Cl2N2O2. The Hall–Kier alpha value is -2.01. The van der Waals surface area contributed by atoms with Gasteiger partial charge in [0.25, 0.3) is 5.91 Å². The third-order valence-corrected chi connectivity index (χ3v) is 3.50. The van der Waals surface area contributed by atoms with Crippen LogP contribution in [0.25, 0.3) is 0 Å². The summed E-state index contributed by atoms with van der Waals surface area (Å²) in [5.74, 6) is 0.00188. The van der Waals surface area contributed by atoms with E-state index < -0.39 is 0 Å². The van der Waals surface area contributed by atoms with E-state index in [9.17, 15) is 4.79 Å². The summed E-state index contributed by atoms with van der Waals surface area (Å²) in [6.07, 6.45) is 1.58. The maximum absolute atomic E-state index is 12.1. The van der Waals surface area contributed by atoms with Crippen molar-refractivity contribution in [3.8, 4) is 5.75 Å². The van der Waals surface area contributed by atoms with Crippen molar-refractivity contribution in [2.75, 3.05) is 6.61 Å². The normalized spacial score (nSPS) is 10.2. The molecule has 0 heterocycles. The molecular weight excluding hydrogens is 335 g/mol. The summed E-state index contributed by atoms with van der Waals surface area (Å²) in [7, 11) is 0. The standard InChI is InChI=1S/C17H16Cl2N2O2/c1-2-8-23-16-14(18)9-13(10-15(16)19)17(22)21-20-11-12-6-4-3-5-7-12/h2-7,9-10,20H,1,8,11H2,(H,21,22). The van der Waals surface area contributed by atoms with Crippen LogP contribution in [0.4, 0.5) is 0 Å². The highest BCUT2D eigenvalue weighted by molar-refractivity contribution is 6.37. The lowest BCUT2D eigenvalue weighted by Gasteiger charge is -2.11. The van der Waals surface area contributed by atoms with E-state index >= 15 is 0 Å². The molecule has 0 aliphatic carbocycles. The van der Waals surface area contributed by atoms with Gasteiger partial charge in [-0.15, -0.1) is 0 Å². The predicted octanol–water partition coefficient (Wildman–Crippen LogP) is 3.99. The highest BCUT2D eigenvalue weighted by Crippen LogP contribution is 2.34. The van der Waals surface area contributed by atoms with Crippen LogP contribution in [-0.4, -0.2) is 12.5 Å². The first-order chi connectivity index (χ1) is 11.1. The number of halogens is 2. The zero-order chi connectivity index (χ0) is 16.7. The second-order valence-electron chi connectivity index (χ2n) is 4.66. The average Bonchev–Trinajstić information content (AvgIpc) is 2.55. The molecule has 0 aliphatic rings. The first-order valence-corrected chi connectivity index (χ1v) is 7.67. The summed E-state index contributed by atoms with van der Waals surface area (Å²) < 4.78 is 5.36. The molecule has 0 aromatic heterocycles. The number of hydrazine groups is 1. The molecule has 120 valence electrons. The Morgan fingerprint density at radius 1 is 1.17 bits per heavy atom. The highest BCUT2D eigenvalue weighted by atomic mass is 35.5. The molecule has 4 nitrogen and oxygen atoms in total. The number of carbonyl (C=O) groups excluding carboxylic acids is 1. The maximum atomic E-state index is 12.1. The van der Waals surface area contributed by atoms with Crippen molar-refractivity contribution >= 4 is 29.1 Å². The number of hydrogen-bond donors (Lipinski definition) is 2. The maximum Gasteiger partial charge on any atom is 0.265 e. The third kappa shape index (κ3) is 4.99. The van der Waals surface area contributed by atoms with Crippen LogP contribution in [0.15, 0.2) is 55.1 Å². The molecule has 0 saturated carbocycles. The molecule has 0 bridgehead atoms. The van der Waals surface area contributed by atoms with E-state index in [1.165, 1.54) is 12.1 Å². The molecule has 0 saturated heterocycles. The summed E-state index contributed by atoms with van der Waals surface area (Å²) in [5.41, 5.74) is 6.85. The lowest BCUT2D eigenvalue weighted by molar-refractivity contribution is 0.0932. The fourth-order valence-corrected chi connectivity index (χ4v) is 2.46. The summed E-state index contributed by atoms with van der Waals surface area (Å²) in [6.45, 7) is 4.35. The van der Waals surface area contributed by atoms with Crippen molar-refractivity contribution in [3.63, 3.8) is 0 Å². The molecule has 0 aliphatic heterocycles. The number of benzene rings is 2. The molecule has 2 aromatic rings. The van der Waals surface area contributed by atoms with Crippen LogP contribution in [0.1, 0.15) is 15.9 Å². The van der Waals surface area contributed by atoms with Gasteiger partial charge < -0.3 is 4.74 Å². The fraction of sp³-hybridized carbons (Fsp3) is 0.118. The molecule has 2 aromatic carbocycles. The number of nitrogens with one attached hydrogen (secondary N) is 2. The first-order valence-electron chi connectivity index (χ1n) is 6.91. The van der Waals surface area contributed by atoms with Gasteiger partial charge in [0.1, 0.15) is 6.61 Å². The van der Waals surface area contributed by atoms with Crippen molar-refractivity contribution in [1.29, 1.82) is 0 Å². The largest absolute Gasteiger partial charge is 0.486 e. The Labute approximate surface area is 145 Å². The van der Waals surface area contributed by atoms with E-state index in [0.29, 0.717) is 17.9 Å². The summed E-state index contributed by atoms with van der Waals surface area (Å²) in [6, 6.07) is 12.7. The second-order valence-corrected chi connectivity index (χ2v) is 5.48. The smallest absolute Gasteiger partial charge is 0.265 e. The number of hydrogen-bond acceptors (Lipinski definition) is 3. The highest BCUT2D eigenvalue weighted by Gasteiger charge is 2.13. The van der Waals surface area contributed by atoms with E-state index in [2.05, 4.69) is 17.4 Å². The number of rotatable bonds is 7. The lowest BCUT2D eigenvalue weighted by Crippen LogP contribution is -2.36. The van der Waals surface area contributed by atoms with Gasteiger partial charge in [-0.1, -0.05) is 66.2 Å². The Kier molecular flexibility index (Phi) is 6.47. The Morgan fingerprint density at radius 2 is 1.83 bits per heavy atom. The van der Waals surface area contributed by atoms with Gasteiger partial charge in [-0.25, -0.2) is 5.43 Å². The second kappa shape index (κ2) is 8.58. The zero-order valence-electron chi connectivity index (χ0n) is 12.3. The van der Waals surface area contributed by atoms with Crippen molar-refractivity contribution < 1.29 is 9.53 Å². The molecule has 2 N–H and O–H groups in total. The molecule has 0 radical (unpaired) electrons. The SMILES string of the molecule is C=CCOc1c(Cl)cc(C(=O)NNCc2ccccc2)cc1Cl. The quantitative estimate of drug-likeness (QED) is 0.586. The van der Waals surface area contributed by atoms with Gasteiger partial charge in [0, 0.05) is 12.1 Å². The average molecular weight is 351 g/mol. The van der Waals surface area contributed by atoms with Gasteiger partial charge in [-0.3, -0.25) is 10.2 Å². The monoisotopic (exact) mass is 350 g/mol. The molecule has 0 unspecified atom stereocenters. The summed E-state index contributed by atoms with van der Waals surface area (Å²) in [4.78, 5) is 12.1. The molecule has 1 amide bonds. The van der Waals surface area contributed by atoms with Crippen molar-refractivity contribution in [3.05, 3.63) is 76.3 Å². The van der Waals surface area contributed by atoms with Crippen LogP contribution in [-0.2, 0) is 6.54 Å². The molecule has 0 atom stereocenters. The first kappa shape index (κ1) is 17.3. The molecule has 6 heteroatoms. The summed E-state index contributed by atoms with van der Waals surface area (Å²) >= 11 is 12.2. The van der Waals surface area contributed by atoms with Crippen LogP contribution in [0, 0.1) is 0 Å². The summed E-state index contributed by atoms with van der Waals surface area (Å²) in [5, 5.41) is 0.542. The van der Waals surface area contributed by atoms with Crippen LogP contribution in [0.3, 0.4) is 0 Å². The Bertz CT molecular complexity index is 667. The van der Waals surface area contributed by atoms with Crippen molar-refractivity contribution in [2.45, 2.75) is 6.54 Å². The van der Waals surface area contributed by atoms with E-state index in [0.717, 1.165) is 5.56 Å². The Balaban J connectivity index is 1.98. The molecule has 0 spiro atoms. The number of carbonyl (C=O) groups is 1. The topological polar surface area (TPSA) is 50.4 Å². The molecule has 23 heavy (non-hydrogen) atoms. The van der Waals surface area contributed by atoms with Gasteiger partial charge in [0.15, 0.2) is 5.75 Å². The molecule has 0 fully saturated rings. The van der Waals surface area contributed by atoms with E-state index in [-0.39, 0.29) is 22.6 Å². The minimum atomic E-state index is -0.333. The van der Waals surface area contributed by atoms with Gasteiger partial charge in [-0.05, 0) is 17.7 Å². The predicted molar refractivity (Wildman–Crippen MR) is 92.9 cm³/mol. The van der Waals surface area contributed by atoms with E-state index in [1.54, 1.807) is 6.08 Å². The third-order valence-electron chi connectivity index (χ3n) is 2.94. The number of ether oxygens (including phenoxy) is 1. The fourth-order valence-electron chi connectivity index (χ4n) is 1.87. The van der Waals surface area contributed by atoms with Crippen LogP contribution in [0.5, 0.6) is 5.75 Å². The molecule has 2 rings (SSSR count). The van der Waals surface area contributed by atoms with Gasteiger partial charge >= 0.3 is 0 Å². The minimum Gasteiger partial charge on any atom is -0.486 e. The van der Waals surface area contributed by atoms with Crippen molar-refractivity contribution in [1.82, 2.24) is 10.9 Å². The zero-order valence-corrected chi connectivity index (χ0v) is 13.8. The van der Waals surface area contributed by atoms with Gasteiger partial charge in [0.2, 0.25) is 0 Å².